The van der Waals surface area contributed by atoms with E-state index in [4.69, 9.17) is 9.47 Å². The van der Waals surface area contributed by atoms with Crippen molar-refractivity contribution in [2.45, 2.75) is 32.2 Å². The highest BCUT2D eigenvalue weighted by molar-refractivity contribution is 9.10. The summed E-state index contributed by atoms with van der Waals surface area (Å²) in [5.41, 5.74) is 1.33. The predicted molar refractivity (Wildman–Crippen MR) is 85.3 cm³/mol. The number of benzene rings is 1. The monoisotopic (exact) mass is 341 g/mol. The van der Waals surface area contributed by atoms with E-state index < -0.39 is 0 Å². The lowest BCUT2D eigenvalue weighted by molar-refractivity contribution is 0.0536. The van der Waals surface area contributed by atoms with Gasteiger partial charge in [-0.1, -0.05) is 13.0 Å². The second-order valence-corrected chi connectivity index (χ2v) is 6.13. The van der Waals surface area contributed by atoms with Crippen LogP contribution in [0.4, 0.5) is 0 Å². The second-order valence-electron chi connectivity index (χ2n) is 5.28. The molecule has 0 saturated carbocycles. The predicted octanol–water partition coefficient (Wildman–Crippen LogP) is 3.93. The van der Waals surface area contributed by atoms with Crippen LogP contribution < -0.4 is 10.1 Å². The SMILES string of the molecule is CCCNC(c1ccc(OC)c(Br)c1)C1CCOCC1. The zero-order valence-electron chi connectivity index (χ0n) is 12.3. The minimum atomic E-state index is 0.404. The van der Waals surface area contributed by atoms with Crippen molar-refractivity contribution >= 4 is 15.9 Å². The maximum absolute atomic E-state index is 5.49. The van der Waals surface area contributed by atoms with Crippen molar-refractivity contribution in [3.63, 3.8) is 0 Å². The first-order valence-electron chi connectivity index (χ1n) is 7.40. The molecule has 1 aliphatic rings. The third-order valence-electron chi connectivity index (χ3n) is 3.89. The molecule has 0 aliphatic carbocycles. The molecule has 4 heteroatoms. The lowest BCUT2D eigenvalue weighted by Crippen LogP contribution is -2.32. The maximum atomic E-state index is 5.49. The van der Waals surface area contributed by atoms with Gasteiger partial charge < -0.3 is 14.8 Å². The van der Waals surface area contributed by atoms with Gasteiger partial charge in [0, 0.05) is 19.3 Å². The van der Waals surface area contributed by atoms with E-state index in [-0.39, 0.29) is 0 Å². The van der Waals surface area contributed by atoms with Crippen molar-refractivity contribution in [2.24, 2.45) is 5.92 Å². The summed E-state index contributed by atoms with van der Waals surface area (Å²) < 4.78 is 11.8. The lowest BCUT2D eigenvalue weighted by Gasteiger charge is -2.31. The Morgan fingerprint density at radius 1 is 1.40 bits per heavy atom. The van der Waals surface area contributed by atoms with E-state index in [9.17, 15) is 0 Å². The molecule has 1 N–H and O–H groups in total. The van der Waals surface area contributed by atoms with Crippen LogP contribution in [0.2, 0.25) is 0 Å². The Morgan fingerprint density at radius 3 is 2.75 bits per heavy atom. The Hall–Kier alpha value is -0.580. The molecule has 1 heterocycles. The summed E-state index contributed by atoms with van der Waals surface area (Å²) in [4.78, 5) is 0. The number of hydrogen-bond acceptors (Lipinski definition) is 3. The van der Waals surface area contributed by atoms with Gasteiger partial charge in [-0.15, -0.1) is 0 Å². The van der Waals surface area contributed by atoms with Gasteiger partial charge in [0.15, 0.2) is 0 Å². The lowest BCUT2D eigenvalue weighted by atomic mass is 9.87. The normalized spacial score (nSPS) is 17.9. The number of hydrogen-bond donors (Lipinski definition) is 1. The zero-order chi connectivity index (χ0) is 14.4. The Bertz CT molecular complexity index is 419. The minimum Gasteiger partial charge on any atom is -0.496 e. The van der Waals surface area contributed by atoms with Crippen LogP contribution in [0.15, 0.2) is 22.7 Å². The molecule has 0 radical (unpaired) electrons. The molecule has 112 valence electrons. The fourth-order valence-electron chi connectivity index (χ4n) is 2.78. The van der Waals surface area contributed by atoms with Crippen molar-refractivity contribution < 1.29 is 9.47 Å². The number of ether oxygens (including phenoxy) is 2. The van der Waals surface area contributed by atoms with Crippen LogP contribution >= 0.6 is 15.9 Å². The van der Waals surface area contributed by atoms with Crippen LogP contribution in [0.3, 0.4) is 0 Å². The van der Waals surface area contributed by atoms with Gasteiger partial charge in [-0.05, 0) is 65.4 Å². The van der Waals surface area contributed by atoms with Gasteiger partial charge in [-0.2, -0.15) is 0 Å². The van der Waals surface area contributed by atoms with Gasteiger partial charge in [-0.25, -0.2) is 0 Å². The van der Waals surface area contributed by atoms with Gasteiger partial charge in [0.05, 0.1) is 11.6 Å². The number of halogens is 1. The highest BCUT2D eigenvalue weighted by Gasteiger charge is 2.25. The molecule has 20 heavy (non-hydrogen) atoms. The van der Waals surface area contributed by atoms with Crippen LogP contribution in [0.25, 0.3) is 0 Å². The van der Waals surface area contributed by atoms with E-state index in [0.29, 0.717) is 12.0 Å². The van der Waals surface area contributed by atoms with Crippen molar-refractivity contribution in [1.82, 2.24) is 5.32 Å². The number of nitrogens with one attached hydrogen (secondary N) is 1. The van der Waals surface area contributed by atoms with Crippen LogP contribution in [0.1, 0.15) is 37.8 Å². The van der Waals surface area contributed by atoms with Gasteiger partial charge in [0.25, 0.3) is 0 Å². The van der Waals surface area contributed by atoms with E-state index in [1.165, 1.54) is 5.56 Å². The first-order chi connectivity index (χ1) is 9.76. The minimum absolute atomic E-state index is 0.404. The summed E-state index contributed by atoms with van der Waals surface area (Å²) in [5, 5.41) is 3.70. The maximum Gasteiger partial charge on any atom is 0.133 e. The van der Waals surface area contributed by atoms with Crippen LogP contribution in [0, 0.1) is 5.92 Å². The van der Waals surface area contributed by atoms with Gasteiger partial charge in [-0.3, -0.25) is 0 Å². The summed E-state index contributed by atoms with van der Waals surface area (Å²) in [7, 11) is 1.70. The fraction of sp³-hybridized carbons (Fsp3) is 0.625. The Balaban J connectivity index is 2.18. The largest absolute Gasteiger partial charge is 0.496 e. The first kappa shape index (κ1) is 15.8. The molecule has 1 atom stereocenters. The van der Waals surface area contributed by atoms with Gasteiger partial charge in [0.2, 0.25) is 0 Å². The third kappa shape index (κ3) is 3.96. The molecule has 0 spiro atoms. The molecule has 0 bridgehead atoms. The highest BCUT2D eigenvalue weighted by atomic mass is 79.9. The quantitative estimate of drug-likeness (QED) is 0.850. The molecule has 0 aromatic heterocycles. The fourth-order valence-corrected chi connectivity index (χ4v) is 3.34. The van der Waals surface area contributed by atoms with Gasteiger partial charge >= 0.3 is 0 Å². The van der Waals surface area contributed by atoms with Crippen molar-refractivity contribution in [2.75, 3.05) is 26.9 Å². The molecule has 1 aromatic carbocycles. The molecule has 1 saturated heterocycles. The smallest absolute Gasteiger partial charge is 0.133 e. The van der Waals surface area contributed by atoms with Crippen molar-refractivity contribution in [3.05, 3.63) is 28.2 Å². The molecule has 1 fully saturated rings. The first-order valence-corrected chi connectivity index (χ1v) is 8.20. The summed E-state index contributed by atoms with van der Waals surface area (Å²) in [6.45, 7) is 5.02. The topological polar surface area (TPSA) is 30.5 Å². The molecule has 1 unspecified atom stereocenters. The van der Waals surface area contributed by atoms with Crippen LogP contribution in [-0.4, -0.2) is 26.9 Å². The molecule has 1 aromatic rings. The summed E-state index contributed by atoms with van der Waals surface area (Å²) in [6, 6.07) is 6.80. The van der Waals surface area contributed by atoms with Gasteiger partial charge in [0.1, 0.15) is 5.75 Å². The Morgan fingerprint density at radius 2 is 2.15 bits per heavy atom. The summed E-state index contributed by atoms with van der Waals surface area (Å²) >= 11 is 3.59. The molecule has 3 nitrogen and oxygen atoms in total. The molecular weight excluding hydrogens is 318 g/mol. The third-order valence-corrected chi connectivity index (χ3v) is 4.51. The second kappa shape index (κ2) is 8.01. The van der Waals surface area contributed by atoms with Crippen molar-refractivity contribution in [1.29, 1.82) is 0 Å². The number of methoxy groups -OCH3 is 1. The Kier molecular flexibility index (Phi) is 6.33. The van der Waals surface area contributed by atoms with E-state index in [2.05, 4.69) is 40.3 Å². The zero-order valence-corrected chi connectivity index (χ0v) is 13.9. The van der Waals surface area contributed by atoms with E-state index in [1.54, 1.807) is 7.11 Å². The van der Waals surface area contributed by atoms with E-state index in [0.717, 1.165) is 49.2 Å². The average molecular weight is 342 g/mol. The molecule has 1 aliphatic heterocycles. The Labute approximate surface area is 130 Å². The number of rotatable bonds is 6. The average Bonchev–Trinajstić information content (AvgIpc) is 2.49. The van der Waals surface area contributed by atoms with E-state index in [1.807, 2.05) is 6.07 Å². The van der Waals surface area contributed by atoms with Crippen LogP contribution in [-0.2, 0) is 4.74 Å². The molecular formula is C16H24BrNO2. The highest BCUT2D eigenvalue weighted by Crippen LogP contribution is 2.34. The van der Waals surface area contributed by atoms with Crippen LogP contribution in [0.5, 0.6) is 5.75 Å². The molecule has 0 amide bonds. The van der Waals surface area contributed by atoms with E-state index >= 15 is 0 Å². The molecule has 2 rings (SSSR count). The standard InChI is InChI=1S/C16H24BrNO2/c1-3-8-18-16(12-6-9-20-10-7-12)13-4-5-15(19-2)14(17)11-13/h4-5,11-12,16,18H,3,6-10H2,1-2H3. The summed E-state index contributed by atoms with van der Waals surface area (Å²) in [5.74, 6) is 1.53. The van der Waals surface area contributed by atoms with Crippen molar-refractivity contribution in [3.8, 4) is 5.75 Å². The summed E-state index contributed by atoms with van der Waals surface area (Å²) in [6.07, 6.45) is 3.41.